The molecule has 0 radical (unpaired) electrons. The summed E-state index contributed by atoms with van der Waals surface area (Å²) < 4.78 is 60.0. The number of phenolic OH excluding ortho intramolecular Hbond substituents is 1. The number of hydrogen-bond donors (Lipinski definition) is 1. The van der Waals surface area contributed by atoms with Gasteiger partial charge < -0.3 is 55.9 Å². The van der Waals surface area contributed by atoms with Crippen molar-refractivity contribution in [2.24, 2.45) is 5.92 Å². The Balaban J connectivity index is 0.000000132. The fraction of sp³-hybridized carbons (Fsp3) is 0.271. The zero-order valence-corrected chi connectivity index (χ0v) is 79.2. The highest BCUT2D eigenvalue weighted by Gasteiger charge is 2.26. The molecule has 137 heavy (non-hydrogen) atoms. The van der Waals surface area contributed by atoms with Crippen LogP contribution in [-0.2, 0) is 23.7 Å². The molecule has 700 valence electrons. The standard InChI is InChI=1S/C21H25N3O.C19H19N3O3.C19H21N3O.C17H17N3O.C16H15N3O3.C15H13N3O3/c1-20(2,3)16-11-15(12-17(13-16)21(4,5)6)19-23-18(24-25-19)14-7-9-22-10-8-14;1-23-16-7-6-14(12-17(16)24-15-4-2-3-5-15)19-21-18(22-25-19)13-8-10-20-11-9-13;1-13(2)12-15-4-6-16(7-5-15)14(3)19-21-18(22-23-19)17-8-10-20-11-9-17;1-2-3-4-13-5-7-15(8-6-13)17-19-16(20-21-17)14-9-11-18-12-10-14;1-3-21-14-10-12(4-5-13(14)20-2)16-18-15(19-22-16)11-6-8-17-9-7-11;1-2-20-11-3-4-12(13(19)9-11)15-17-14(18-21-15)10-5-7-16-8-6-10/h7-13H,1-6H3;6-12,15H,2-5H2,1H3;4-11,13-14H,12H2,1-3H3;5-12H,2-4H2,1H3;4-10H,3H2,1-2H3;3-9,19H,2H2,1H3. The minimum absolute atomic E-state index is 0.0332. The van der Waals surface area contributed by atoms with Crippen LogP contribution in [0, 0.1) is 5.92 Å². The van der Waals surface area contributed by atoms with Crippen LogP contribution in [0.15, 0.2) is 296 Å². The molecule has 1 N–H and O–H groups in total. The summed E-state index contributed by atoms with van der Waals surface area (Å²) in [5.74, 6) is 10.2. The van der Waals surface area contributed by atoms with Crippen molar-refractivity contribution in [2.45, 2.75) is 157 Å². The molecule has 1 aliphatic carbocycles. The molecule has 0 spiro atoms. The summed E-state index contributed by atoms with van der Waals surface area (Å²) in [5, 5.41) is 34.2. The number of pyridine rings is 6. The lowest BCUT2D eigenvalue weighted by Gasteiger charge is -2.25. The van der Waals surface area contributed by atoms with E-state index in [4.69, 9.17) is 50.8 Å². The molecule has 0 bridgehead atoms. The van der Waals surface area contributed by atoms with E-state index in [-0.39, 0.29) is 34.5 Å². The fourth-order valence-electron chi connectivity index (χ4n) is 14.3. The van der Waals surface area contributed by atoms with E-state index in [0.717, 1.165) is 87.1 Å². The van der Waals surface area contributed by atoms with Gasteiger partial charge in [-0.15, -0.1) is 0 Å². The monoisotopic (exact) mass is 1840 g/mol. The lowest BCUT2D eigenvalue weighted by atomic mass is 9.79. The average Bonchev–Trinajstić information content (AvgIpc) is 1.01. The molecule has 12 heterocycles. The maximum absolute atomic E-state index is 10.0. The summed E-state index contributed by atoms with van der Waals surface area (Å²) in [6, 6.07) is 61.8. The van der Waals surface area contributed by atoms with E-state index in [9.17, 15) is 5.11 Å². The molecule has 1 aliphatic rings. The third-order valence-corrected chi connectivity index (χ3v) is 21.9. The number of nitrogens with zero attached hydrogens (tertiary/aromatic N) is 18. The maximum atomic E-state index is 10.0. The lowest BCUT2D eigenvalue weighted by molar-refractivity contribution is 0.201. The number of aromatic nitrogens is 18. The summed E-state index contributed by atoms with van der Waals surface area (Å²) >= 11 is 0. The largest absolute Gasteiger partial charge is 0.507 e. The van der Waals surface area contributed by atoms with Crippen LogP contribution in [0.3, 0.4) is 0 Å². The predicted molar refractivity (Wildman–Crippen MR) is 521 cm³/mol. The molecular formula is C107H110N18O12. The highest BCUT2D eigenvalue weighted by atomic mass is 16.5. The lowest BCUT2D eigenvalue weighted by Crippen LogP contribution is -2.16. The molecule has 30 nitrogen and oxygen atoms in total. The first-order chi connectivity index (χ1) is 66.6. The van der Waals surface area contributed by atoms with Crippen LogP contribution >= 0.6 is 0 Å². The number of aromatic hydroxyl groups is 1. The fourth-order valence-corrected chi connectivity index (χ4v) is 14.3. The van der Waals surface area contributed by atoms with E-state index in [1.54, 1.807) is 113 Å². The molecule has 18 aromatic rings. The van der Waals surface area contributed by atoms with Crippen molar-refractivity contribution >= 4 is 0 Å². The molecule has 0 aliphatic heterocycles. The predicted octanol–water partition coefficient (Wildman–Crippen LogP) is 24.3. The minimum atomic E-state index is 0.0332. The topological polar surface area (TPSA) is 377 Å². The van der Waals surface area contributed by atoms with Crippen molar-refractivity contribution in [3.05, 3.63) is 302 Å². The van der Waals surface area contributed by atoms with Crippen molar-refractivity contribution < 1.29 is 55.9 Å². The second kappa shape index (κ2) is 47.0. The molecule has 6 aromatic carbocycles. The van der Waals surface area contributed by atoms with Crippen LogP contribution in [0.4, 0.5) is 0 Å². The van der Waals surface area contributed by atoms with Crippen LogP contribution < -0.4 is 23.7 Å². The summed E-state index contributed by atoms with van der Waals surface area (Å²) in [6.45, 7) is 26.9. The van der Waals surface area contributed by atoms with Crippen molar-refractivity contribution in [3.63, 3.8) is 0 Å². The molecule has 1 saturated carbocycles. The average molecular weight is 1840 g/mol. The molecule has 0 amide bonds. The normalized spacial score (nSPS) is 12.0. The van der Waals surface area contributed by atoms with Crippen LogP contribution in [0.1, 0.15) is 161 Å². The Morgan fingerprint density at radius 2 is 0.730 bits per heavy atom. The number of aryl methyl sites for hydroxylation is 1. The van der Waals surface area contributed by atoms with Gasteiger partial charge in [-0.1, -0.05) is 142 Å². The van der Waals surface area contributed by atoms with Crippen molar-refractivity contribution in [1.29, 1.82) is 0 Å². The number of benzene rings is 6. The molecule has 12 aromatic heterocycles. The van der Waals surface area contributed by atoms with Crippen molar-refractivity contribution in [2.75, 3.05) is 27.4 Å². The van der Waals surface area contributed by atoms with Gasteiger partial charge in [0.15, 0.2) is 23.0 Å². The van der Waals surface area contributed by atoms with Crippen LogP contribution in [0.2, 0.25) is 0 Å². The summed E-state index contributed by atoms with van der Waals surface area (Å²) in [7, 11) is 3.25. The molecule has 1 atom stereocenters. The van der Waals surface area contributed by atoms with E-state index >= 15 is 0 Å². The van der Waals surface area contributed by atoms with Crippen molar-refractivity contribution in [1.82, 2.24) is 90.7 Å². The van der Waals surface area contributed by atoms with E-state index < -0.39 is 0 Å². The number of ether oxygens (including phenoxy) is 5. The highest BCUT2D eigenvalue weighted by molar-refractivity contribution is 5.69. The van der Waals surface area contributed by atoms with Gasteiger partial charge in [0.2, 0.25) is 40.8 Å². The van der Waals surface area contributed by atoms with E-state index in [0.29, 0.717) is 112 Å². The van der Waals surface area contributed by atoms with Crippen LogP contribution in [0.25, 0.3) is 126 Å². The highest BCUT2D eigenvalue weighted by Crippen LogP contribution is 2.40. The number of methoxy groups -OCH3 is 2. The Hall–Kier alpha value is -16.1. The third kappa shape index (κ3) is 26.7. The van der Waals surface area contributed by atoms with Crippen LogP contribution in [-0.4, -0.2) is 129 Å². The second-order valence-corrected chi connectivity index (χ2v) is 34.4. The molecule has 1 unspecified atom stereocenters. The Morgan fingerprint density at radius 3 is 1.13 bits per heavy atom. The van der Waals surface area contributed by atoms with Gasteiger partial charge in [-0.2, -0.15) is 29.9 Å². The number of rotatable bonds is 26. The van der Waals surface area contributed by atoms with Gasteiger partial charge >= 0.3 is 0 Å². The summed E-state index contributed by atoms with van der Waals surface area (Å²) in [5.41, 5.74) is 15.7. The van der Waals surface area contributed by atoms with E-state index in [1.165, 1.54) is 59.6 Å². The van der Waals surface area contributed by atoms with E-state index in [2.05, 4.69) is 215 Å². The molecule has 30 heteroatoms. The zero-order chi connectivity index (χ0) is 96.1. The SMILES string of the molecule is CC(C)(C)c1cc(-c2nc(-c3ccncc3)no2)cc(C(C)(C)C)c1.CC(C)Cc1ccc(C(C)c2nc(-c3ccncc3)no2)cc1.CCCCc1ccc(-c2nc(-c3ccncc3)no2)cc1.CCOc1cc(-c2nc(-c3ccncc3)no2)ccc1OC.CCOc1ccc(-c2nc(-c3ccncc3)no2)c(O)c1.COc1ccc(-c2nc(-c3ccncc3)no2)cc1OC1CCCC1. The molecule has 1 fully saturated rings. The first-order valence-corrected chi connectivity index (χ1v) is 45.5. The zero-order valence-electron chi connectivity index (χ0n) is 79.2. The third-order valence-electron chi connectivity index (χ3n) is 21.9. The second-order valence-electron chi connectivity index (χ2n) is 34.4. The van der Waals surface area contributed by atoms with Gasteiger partial charge in [0.25, 0.3) is 29.5 Å². The quantitative estimate of drug-likeness (QED) is 0.0526. The van der Waals surface area contributed by atoms with Gasteiger partial charge in [-0.3, -0.25) is 29.9 Å². The molecule has 19 rings (SSSR count). The van der Waals surface area contributed by atoms with Gasteiger partial charge in [-0.25, -0.2) is 0 Å². The number of hydrogen-bond acceptors (Lipinski definition) is 30. The smallest absolute Gasteiger partial charge is 0.262 e. The minimum Gasteiger partial charge on any atom is -0.507 e. The first-order valence-electron chi connectivity index (χ1n) is 45.5. The first kappa shape index (κ1) is 96.9. The number of phenols is 1. The van der Waals surface area contributed by atoms with Gasteiger partial charge in [0.05, 0.1) is 45.0 Å². The Bertz CT molecular complexity index is 6710. The Kier molecular flexibility index (Phi) is 33.2. The molecular weight excluding hydrogens is 1730 g/mol. The maximum Gasteiger partial charge on any atom is 0.262 e. The van der Waals surface area contributed by atoms with Gasteiger partial charge in [-0.05, 0) is 256 Å². The molecule has 0 saturated heterocycles. The number of unbranched alkanes of at least 4 members (excludes halogenated alkanes) is 1. The summed E-state index contributed by atoms with van der Waals surface area (Å²) in [6.07, 6.45) is 29.9. The van der Waals surface area contributed by atoms with E-state index in [1.807, 2.05) is 123 Å². The van der Waals surface area contributed by atoms with Gasteiger partial charge in [0.1, 0.15) is 11.5 Å². The van der Waals surface area contributed by atoms with Gasteiger partial charge in [0, 0.05) is 136 Å². The van der Waals surface area contributed by atoms with Crippen LogP contribution in [0.5, 0.6) is 34.5 Å². The van der Waals surface area contributed by atoms with Crippen molar-refractivity contribution in [3.8, 4) is 160 Å². The Morgan fingerprint density at radius 1 is 0.358 bits per heavy atom. The summed E-state index contributed by atoms with van der Waals surface area (Å²) in [4.78, 5) is 50.6. The Labute approximate surface area is 795 Å².